The predicted molar refractivity (Wildman–Crippen MR) is 101 cm³/mol. The lowest BCUT2D eigenvalue weighted by atomic mass is 10.1. The Labute approximate surface area is 153 Å². The second-order valence-electron chi connectivity index (χ2n) is 5.75. The van der Waals surface area contributed by atoms with Crippen LogP contribution < -0.4 is 20.1 Å². The van der Waals surface area contributed by atoms with Gasteiger partial charge in [-0.3, -0.25) is 9.59 Å². The molecular weight excluding hydrogens is 332 g/mol. The molecule has 0 spiro atoms. The Morgan fingerprint density at radius 1 is 1.04 bits per heavy atom. The number of methoxy groups -OCH3 is 2. The van der Waals surface area contributed by atoms with E-state index in [1.165, 1.54) is 14.2 Å². The average molecular weight is 356 g/mol. The van der Waals surface area contributed by atoms with Crippen molar-refractivity contribution in [1.82, 2.24) is 5.32 Å². The topological polar surface area (TPSA) is 76.7 Å². The zero-order valence-electron chi connectivity index (χ0n) is 15.5. The van der Waals surface area contributed by atoms with Crippen LogP contribution >= 0.6 is 0 Å². The van der Waals surface area contributed by atoms with Gasteiger partial charge in [0.15, 0.2) is 0 Å². The van der Waals surface area contributed by atoms with Crippen molar-refractivity contribution in [3.8, 4) is 11.5 Å². The summed E-state index contributed by atoms with van der Waals surface area (Å²) in [6.45, 7) is 3.73. The maximum absolute atomic E-state index is 12.4. The van der Waals surface area contributed by atoms with E-state index in [0.29, 0.717) is 17.1 Å². The standard InChI is InChI=1S/C20H24N2O4/c1-5-14-8-6-7-9-16(14)22-19(23)12-21-20(24)15-10-17(25-3)13(2)18(11-15)26-4/h6-11H,5,12H2,1-4H3,(H,21,24)(H,22,23). The first-order valence-electron chi connectivity index (χ1n) is 8.38. The van der Waals surface area contributed by atoms with Gasteiger partial charge in [-0.1, -0.05) is 25.1 Å². The van der Waals surface area contributed by atoms with Gasteiger partial charge in [-0.05, 0) is 37.1 Å². The van der Waals surface area contributed by atoms with Crippen molar-refractivity contribution in [3.63, 3.8) is 0 Å². The molecular formula is C20H24N2O4. The molecule has 2 aromatic carbocycles. The summed E-state index contributed by atoms with van der Waals surface area (Å²) in [6, 6.07) is 10.8. The number of benzene rings is 2. The molecule has 0 radical (unpaired) electrons. The Morgan fingerprint density at radius 2 is 1.65 bits per heavy atom. The quantitative estimate of drug-likeness (QED) is 0.800. The predicted octanol–water partition coefficient (Wildman–Crippen LogP) is 2.94. The van der Waals surface area contributed by atoms with Gasteiger partial charge in [0.05, 0.1) is 20.8 Å². The van der Waals surface area contributed by atoms with Crippen LogP contribution in [0.1, 0.15) is 28.4 Å². The van der Waals surface area contributed by atoms with Crippen LogP contribution in [0, 0.1) is 6.92 Å². The summed E-state index contributed by atoms with van der Waals surface area (Å²) in [4.78, 5) is 24.5. The van der Waals surface area contributed by atoms with Gasteiger partial charge in [0, 0.05) is 16.8 Å². The van der Waals surface area contributed by atoms with E-state index in [2.05, 4.69) is 10.6 Å². The second kappa shape index (κ2) is 8.89. The number of amides is 2. The SMILES string of the molecule is CCc1ccccc1NC(=O)CNC(=O)c1cc(OC)c(C)c(OC)c1. The van der Waals surface area contributed by atoms with E-state index in [-0.39, 0.29) is 18.4 Å². The molecule has 2 rings (SSSR count). The lowest BCUT2D eigenvalue weighted by molar-refractivity contribution is -0.115. The van der Waals surface area contributed by atoms with Gasteiger partial charge >= 0.3 is 0 Å². The number of ether oxygens (including phenoxy) is 2. The summed E-state index contributed by atoms with van der Waals surface area (Å²) in [5.74, 6) is 0.442. The molecule has 0 saturated heterocycles. The molecule has 138 valence electrons. The number of carbonyl (C=O) groups is 2. The van der Waals surface area contributed by atoms with Crippen LogP contribution in [0.15, 0.2) is 36.4 Å². The van der Waals surface area contributed by atoms with E-state index in [1.54, 1.807) is 12.1 Å². The lowest BCUT2D eigenvalue weighted by Crippen LogP contribution is -2.33. The maximum atomic E-state index is 12.4. The minimum absolute atomic E-state index is 0.130. The minimum Gasteiger partial charge on any atom is -0.496 e. The number of para-hydroxylation sites is 1. The average Bonchev–Trinajstić information content (AvgIpc) is 2.66. The molecule has 0 aromatic heterocycles. The summed E-state index contributed by atoms with van der Waals surface area (Å²) < 4.78 is 10.5. The zero-order valence-corrected chi connectivity index (χ0v) is 15.5. The summed E-state index contributed by atoms with van der Waals surface area (Å²) in [5, 5.41) is 5.44. The molecule has 2 N–H and O–H groups in total. The number of carbonyl (C=O) groups excluding carboxylic acids is 2. The number of anilines is 1. The Kier molecular flexibility index (Phi) is 6.60. The molecule has 0 heterocycles. The van der Waals surface area contributed by atoms with E-state index in [0.717, 1.165) is 23.2 Å². The highest BCUT2D eigenvalue weighted by atomic mass is 16.5. The van der Waals surface area contributed by atoms with Crippen molar-refractivity contribution in [2.45, 2.75) is 20.3 Å². The summed E-state index contributed by atoms with van der Waals surface area (Å²) >= 11 is 0. The van der Waals surface area contributed by atoms with Crippen molar-refractivity contribution in [2.24, 2.45) is 0 Å². The summed E-state index contributed by atoms with van der Waals surface area (Å²) in [7, 11) is 3.06. The molecule has 0 unspecified atom stereocenters. The largest absolute Gasteiger partial charge is 0.496 e. The fourth-order valence-corrected chi connectivity index (χ4v) is 2.62. The Morgan fingerprint density at radius 3 is 2.23 bits per heavy atom. The van der Waals surface area contributed by atoms with Crippen LogP contribution in [-0.2, 0) is 11.2 Å². The van der Waals surface area contributed by atoms with E-state index in [1.807, 2.05) is 38.1 Å². The second-order valence-corrected chi connectivity index (χ2v) is 5.75. The molecule has 0 bridgehead atoms. The molecule has 0 atom stereocenters. The smallest absolute Gasteiger partial charge is 0.251 e. The molecule has 6 nitrogen and oxygen atoms in total. The van der Waals surface area contributed by atoms with Crippen molar-refractivity contribution in [1.29, 1.82) is 0 Å². The highest BCUT2D eigenvalue weighted by Crippen LogP contribution is 2.29. The fraction of sp³-hybridized carbons (Fsp3) is 0.300. The Hall–Kier alpha value is -3.02. The number of hydrogen-bond acceptors (Lipinski definition) is 4. The van der Waals surface area contributed by atoms with Crippen LogP contribution in [0.3, 0.4) is 0 Å². The summed E-state index contributed by atoms with van der Waals surface area (Å²) in [5.41, 5.74) is 2.97. The normalized spacial score (nSPS) is 10.2. The highest BCUT2D eigenvalue weighted by Gasteiger charge is 2.14. The van der Waals surface area contributed by atoms with Crippen LogP contribution in [0.2, 0.25) is 0 Å². The number of aryl methyl sites for hydroxylation is 1. The maximum Gasteiger partial charge on any atom is 0.251 e. The molecule has 26 heavy (non-hydrogen) atoms. The molecule has 0 fully saturated rings. The molecule has 0 aliphatic rings. The van der Waals surface area contributed by atoms with Crippen LogP contribution in [-0.4, -0.2) is 32.6 Å². The first-order valence-corrected chi connectivity index (χ1v) is 8.38. The van der Waals surface area contributed by atoms with E-state index < -0.39 is 0 Å². The van der Waals surface area contributed by atoms with E-state index in [4.69, 9.17) is 9.47 Å². The van der Waals surface area contributed by atoms with Gasteiger partial charge in [-0.25, -0.2) is 0 Å². The first kappa shape index (κ1) is 19.3. The van der Waals surface area contributed by atoms with E-state index in [9.17, 15) is 9.59 Å². The van der Waals surface area contributed by atoms with Gasteiger partial charge in [-0.2, -0.15) is 0 Å². The molecule has 2 aromatic rings. The minimum atomic E-state index is -0.375. The molecule has 0 saturated carbocycles. The van der Waals surface area contributed by atoms with Gasteiger partial charge in [0.1, 0.15) is 11.5 Å². The fourth-order valence-electron chi connectivity index (χ4n) is 2.62. The van der Waals surface area contributed by atoms with Crippen LogP contribution in [0.25, 0.3) is 0 Å². The monoisotopic (exact) mass is 356 g/mol. The zero-order chi connectivity index (χ0) is 19.1. The summed E-state index contributed by atoms with van der Waals surface area (Å²) in [6.07, 6.45) is 0.811. The highest BCUT2D eigenvalue weighted by molar-refractivity contribution is 6.00. The Bertz CT molecular complexity index is 777. The molecule has 0 aliphatic carbocycles. The Balaban J connectivity index is 2.03. The van der Waals surface area contributed by atoms with Crippen molar-refractivity contribution in [3.05, 3.63) is 53.1 Å². The van der Waals surface area contributed by atoms with Gasteiger partial charge in [0.2, 0.25) is 5.91 Å². The molecule has 2 amide bonds. The number of nitrogens with one attached hydrogen (secondary N) is 2. The number of hydrogen-bond donors (Lipinski definition) is 2. The number of rotatable bonds is 7. The van der Waals surface area contributed by atoms with Crippen molar-refractivity contribution in [2.75, 3.05) is 26.1 Å². The lowest BCUT2D eigenvalue weighted by Gasteiger charge is -2.13. The molecule has 0 aliphatic heterocycles. The third-order valence-corrected chi connectivity index (χ3v) is 4.10. The first-order chi connectivity index (χ1) is 12.5. The van der Waals surface area contributed by atoms with E-state index >= 15 is 0 Å². The van der Waals surface area contributed by atoms with Gasteiger partial charge in [0.25, 0.3) is 5.91 Å². The third-order valence-electron chi connectivity index (χ3n) is 4.10. The van der Waals surface area contributed by atoms with Crippen LogP contribution in [0.5, 0.6) is 11.5 Å². The van der Waals surface area contributed by atoms with Crippen molar-refractivity contribution >= 4 is 17.5 Å². The van der Waals surface area contributed by atoms with Gasteiger partial charge in [-0.15, -0.1) is 0 Å². The van der Waals surface area contributed by atoms with Crippen molar-refractivity contribution < 1.29 is 19.1 Å². The third kappa shape index (κ3) is 4.53. The van der Waals surface area contributed by atoms with Crippen LogP contribution in [0.4, 0.5) is 5.69 Å². The van der Waals surface area contributed by atoms with Gasteiger partial charge < -0.3 is 20.1 Å². The molecule has 6 heteroatoms.